The van der Waals surface area contributed by atoms with E-state index >= 15 is 0 Å². The zero-order chi connectivity index (χ0) is 21.9. The lowest BCUT2D eigenvalue weighted by Gasteiger charge is -2.39. The molecule has 1 aliphatic rings. The molecule has 8 nitrogen and oxygen atoms in total. The number of phenolic OH excluding ortho intramolecular Hbond substituents is 1. The van der Waals surface area contributed by atoms with Crippen molar-refractivity contribution in [3.8, 4) is 5.75 Å². The average molecular weight is 433 g/mol. The van der Waals surface area contributed by atoms with Gasteiger partial charge in [-0.15, -0.1) is 5.10 Å². The van der Waals surface area contributed by atoms with Crippen LogP contribution in [0.2, 0.25) is 0 Å². The summed E-state index contributed by atoms with van der Waals surface area (Å²) in [6.07, 6.45) is 2.11. The number of furan rings is 1. The number of rotatable bonds is 7. The average Bonchev–Trinajstić information content (AvgIpc) is 3.46. The van der Waals surface area contributed by atoms with Crippen molar-refractivity contribution in [1.82, 2.24) is 25.1 Å². The molecule has 1 unspecified atom stereocenters. The largest absolute Gasteiger partial charge is 0.508 e. The second kappa shape index (κ2) is 9.00. The minimum Gasteiger partial charge on any atom is -0.508 e. The van der Waals surface area contributed by atoms with Gasteiger partial charge in [-0.3, -0.25) is 4.90 Å². The van der Waals surface area contributed by atoms with E-state index in [2.05, 4.69) is 44.4 Å². The molecule has 5 rings (SSSR count). The summed E-state index contributed by atoms with van der Waals surface area (Å²) in [5.74, 6) is 1.99. The molecule has 0 amide bonds. The number of aromatic hydroxyl groups is 1. The number of fused-ring (bicyclic) bond motifs is 1. The van der Waals surface area contributed by atoms with Crippen LogP contribution in [-0.2, 0) is 6.54 Å². The quantitative estimate of drug-likeness (QED) is 0.475. The lowest BCUT2D eigenvalue weighted by Crippen LogP contribution is -2.48. The van der Waals surface area contributed by atoms with Crippen molar-refractivity contribution in [2.24, 2.45) is 0 Å². The lowest BCUT2D eigenvalue weighted by molar-refractivity contribution is 0.182. The van der Waals surface area contributed by atoms with E-state index in [0.717, 1.165) is 73.8 Å². The highest BCUT2D eigenvalue weighted by atomic mass is 16.3. The van der Waals surface area contributed by atoms with Crippen molar-refractivity contribution in [3.05, 3.63) is 66.2 Å². The van der Waals surface area contributed by atoms with Crippen molar-refractivity contribution >= 4 is 16.7 Å². The van der Waals surface area contributed by atoms with Gasteiger partial charge in [-0.25, -0.2) is 4.68 Å². The molecule has 0 saturated carbocycles. The second-order valence-electron chi connectivity index (χ2n) is 8.24. The topological polar surface area (TPSA) is 83.5 Å². The Kier molecular flexibility index (Phi) is 5.77. The molecular formula is C24H28N6O2. The Labute approximate surface area is 187 Å². The van der Waals surface area contributed by atoms with E-state index in [9.17, 15) is 5.11 Å². The van der Waals surface area contributed by atoms with E-state index < -0.39 is 0 Å². The van der Waals surface area contributed by atoms with Crippen LogP contribution < -0.4 is 4.90 Å². The molecule has 1 atom stereocenters. The molecule has 3 heterocycles. The van der Waals surface area contributed by atoms with Gasteiger partial charge in [0.2, 0.25) is 0 Å². The standard InChI is InChI=1S/C24H28N6O2/c1-2-3-12-30-24(25-26-27-30)23(22-17-18-6-4-5-7-21(18)32-22)29-15-13-28(14-16-29)19-8-10-20(31)11-9-19/h4-11,17,23,31H,2-3,12-16H2,1H3. The molecule has 166 valence electrons. The molecule has 1 N–H and O–H groups in total. The summed E-state index contributed by atoms with van der Waals surface area (Å²) >= 11 is 0. The van der Waals surface area contributed by atoms with Crippen LogP contribution in [0.1, 0.15) is 37.4 Å². The predicted octanol–water partition coefficient (Wildman–Crippen LogP) is 3.84. The molecule has 0 spiro atoms. The molecular weight excluding hydrogens is 404 g/mol. The molecule has 2 aromatic carbocycles. The number of benzene rings is 2. The van der Waals surface area contributed by atoms with Gasteiger partial charge in [0.1, 0.15) is 23.1 Å². The van der Waals surface area contributed by atoms with Crippen molar-refractivity contribution < 1.29 is 9.52 Å². The smallest absolute Gasteiger partial charge is 0.176 e. The van der Waals surface area contributed by atoms with E-state index in [1.165, 1.54) is 0 Å². The highest BCUT2D eigenvalue weighted by molar-refractivity contribution is 5.77. The number of hydrogen-bond donors (Lipinski definition) is 1. The monoisotopic (exact) mass is 432 g/mol. The summed E-state index contributed by atoms with van der Waals surface area (Å²) in [6, 6.07) is 17.5. The molecule has 0 aliphatic carbocycles. The van der Waals surface area contributed by atoms with Gasteiger partial charge < -0.3 is 14.4 Å². The van der Waals surface area contributed by atoms with Crippen molar-refractivity contribution in [3.63, 3.8) is 0 Å². The molecule has 1 fully saturated rings. The zero-order valence-corrected chi connectivity index (χ0v) is 18.3. The first-order valence-corrected chi connectivity index (χ1v) is 11.3. The van der Waals surface area contributed by atoms with E-state index in [1.54, 1.807) is 12.1 Å². The number of hydrogen-bond acceptors (Lipinski definition) is 7. The molecule has 1 saturated heterocycles. The number of tetrazole rings is 1. The molecule has 0 radical (unpaired) electrons. The Bertz CT molecular complexity index is 1130. The van der Waals surface area contributed by atoms with Crippen LogP contribution in [0.15, 0.2) is 59.0 Å². The van der Waals surface area contributed by atoms with E-state index in [0.29, 0.717) is 0 Å². The summed E-state index contributed by atoms with van der Waals surface area (Å²) in [5.41, 5.74) is 2.00. The van der Waals surface area contributed by atoms with Gasteiger partial charge in [0.05, 0.1) is 0 Å². The molecule has 32 heavy (non-hydrogen) atoms. The first-order valence-electron chi connectivity index (χ1n) is 11.3. The first-order chi connectivity index (χ1) is 15.7. The van der Waals surface area contributed by atoms with Crippen LogP contribution in [0.3, 0.4) is 0 Å². The van der Waals surface area contributed by atoms with Crippen LogP contribution >= 0.6 is 0 Å². The molecule has 2 aromatic heterocycles. The van der Waals surface area contributed by atoms with Crippen molar-refractivity contribution in [2.45, 2.75) is 32.4 Å². The summed E-state index contributed by atoms with van der Waals surface area (Å²) < 4.78 is 8.22. The minimum absolute atomic E-state index is 0.142. The fraction of sp³-hybridized carbons (Fsp3) is 0.375. The third-order valence-corrected chi connectivity index (χ3v) is 6.14. The van der Waals surface area contributed by atoms with Crippen LogP contribution in [0.25, 0.3) is 11.0 Å². The van der Waals surface area contributed by atoms with Crippen LogP contribution in [-0.4, -0.2) is 56.4 Å². The number of nitrogens with zero attached hydrogens (tertiary/aromatic N) is 6. The maximum absolute atomic E-state index is 9.59. The van der Waals surface area contributed by atoms with E-state index in [1.807, 2.05) is 35.0 Å². The third kappa shape index (κ3) is 4.05. The minimum atomic E-state index is -0.142. The van der Waals surface area contributed by atoms with Crippen LogP contribution in [0.4, 0.5) is 5.69 Å². The van der Waals surface area contributed by atoms with Gasteiger partial charge in [-0.2, -0.15) is 0 Å². The predicted molar refractivity (Wildman–Crippen MR) is 123 cm³/mol. The zero-order valence-electron chi connectivity index (χ0n) is 18.3. The normalized spacial score (nSPS) is 16.0. The SMILES string of the molecule is CCCCn1nnnc1C(c1cc2ccccc2o1)N1CCN(c2ccc(O)cc2)CC1. The third-order valence-electron chi connectivity index (χ3n) is 6.14. The Hall–Kier alpha value is -3.39. The Morgan fingerprint density at radius 3 is 2.56 bits per heavy atom. The van der Waals surface area contributed by atoms with E-state index in [4.69, 9.17) is 4.42 Å². The van der Waals surface area contributed by atoms with Crippen LogP contribution in [0.5, 0.6) is 5.75 Å². The Balaban J connectivity index is 1.44. The van der Waals surface area contributed by atoms with Gasteiger partial charge in [-0.1, -0.05) is 31.5 Å². The first kappa shape index (κ1) is 20.5. The number of phenols is 1. The maximum Gasteiger partial charge on any atom is 0.176 e. The van der Waals surface area contributed by atoms with Gasteiger partial charge in [-0.05, 0) is 53.2 Å². The molecule has 1 aliphatic heterocycles. The summed E-state index contributed by atoms with van der Waals surface area (Å²) in [6.45, 7) is 6.41. The maximum atomic E-state index is 9.59. The number of anilines is 1. The van der Waals surface area contributed by atoms with Crippen molar-refractivity contribution in [1.29, 1.82) is 0 Å². The Morgan fingerprint density at radius 2 is 1.81 bits per heavy atom. The summed E-state index contributed by atoms with van der Waals surface area (Å²) in [7, 11) is 0. The fourth-order valence-corrected chi connectivity index (χ4v) is 4.38. The highest BCUT2D eigenvalue weighted by Crippen LogP contribution is 2.33. The van der Waals surface area contributed by atoms with Crippen molar-refractivity contribution in [2.75, 3.05) is 31.1 Å². The van der Waals surface area contributed by atoms with E-state index in [-0.39, 0.29) is 11.8 Å². The number of aromatic nitrogens is 4. The lowest BCUT2D eigenvalue weighted by atomic mass is 10.1. The second-order valence-corrected chi connectivity index (χ2v) is 8.24. The summed E-state index contributed by atoms with van der Waals surface area (Å²) in [5, 5.41) is 23.4. The van der Waals surface area contributed by atoms with Gasteiger partial charge >= 0.3 is 0 Å². The van der Waals surface area contributed by atoms with Gasteiger partial charge in [0.15, 0.2) is 5.82 Å². The number of piperazine rings is 1. The van der Waals surface area contributed by atoms with Gasteiger partial charge in [0.25, 0.3) is 0 Å². The Morgan fingerprint density at radius 1 is 1.03 bits per heavy atom. The molecule has 4 aromatic rings. The molecule has 8 heteroatoms. The van der Waals surface area contributed by atoms with Crippen LogP contribution in [0, 0.1) is 0 Å². The summed E-state index contributed by atoms with van der Waals surface area (Å²) in [4.78, 5) is 4.74. The highest BCUT2D eigenvalue weighted by Gasteiger charge is 2.33. The number of para-hydroxylation sites is 1. The number of aryl methyl sites for hydroxylation is 1. The molecule has 0 bridgehead atoms. The van der Waals surface area contributed by atoms with Gasteiger partial charge in [0, 0.05) is 43.8 Å². The number of unbranched alkanes of at least 4 members (excludes halogenated alkanes) is 1. The fourth-order valence-electron chi connectivity index (χ4n) is 4.38.